The largest absolute Gasteiger partial charge is 0.484 e. The molecule has 0 fully saturated rings. The van der Waals surface area contributed by atoms with Crippen LogP contribution in [-0.4, -0.2) is 6.04 Å². The van der Waals surface area contributed by atoms with Crippen molar-refractivity contribution in [3.05, 3.63) is 64.2 Å². The van der Waals surface area contributed by atoms with E-state index in [-0.39, 0.29) is 12.1 Å². The minimum atomic E-state index is -0.369. The van der Waals surface area contributed by atoms with E-state index in [1.165, 1.54) is 0 Å². The third-order valence-corrected chi connectivity index (χ3v) is 3.60. The van der Waals surface area contributed by atoms with E-state index in [2.05, 4.69) is 6.07 Å². The molecule has 2 atom stereocenters. The second-order valence-electron chi connectivity index (χ2n) is 5.01. The van der Waals surface area contributed by atoms with Crippen molar-refractivity contribution in [1.29, 1.82) is 5.26 Å². The minimum absolute atomic E-state index is 0.241. The average molecular weight is 301 g/mol. The highest BCUT2D eigenvalue weighted by Gasteiger charge is 2.21. The molecule has 0 aliphatic carbocycles. The fraction of sp³-hybridized carbons (Fsp3) is 0.235. The predicted octanol–water partition coefficient (Wildman–Crippen LogP) is 3.99. The number of nitrogens with zero attached hydrogens (tertiary/aromatic N) is 1. The third-order valence-electron chi connectivity index (χ3n) is 3.26. The number of aryl methyl sites for hydroxylation is 1. The molecule has 0 radical (unpaired) electrons. The van der Waals surface area contributed by atoms with Gasteiger partial charge in [-0.25, -0.2) is 0 Å². The van der Waals surface area contributed by atoms with Crippen molar-refractivity contribution in [2.75, 3.05) is 0 Å². The molecule has 2 N–H and O–H groups in total. The van der Waals surface area contributed by atoms with Crippen LogP contribution in [0.1, 0.15) is 29.7 Å². The van der Waals surface area contributed by atoms with E-state index in [4.69, 9.17) is 27.3 Å². The highest BCUT2D eigenvalue weighted by Crippen LogP contribution is 2.31. The van der Waals surface area contributed by atoms with Gasteiger partial charge in [-0.15, -0.1) is 0 Å². The molecule has 2 unspecified atom stereocenters. The number of hydrogen-bond acceptors (Lipinski definition) is 3. The minimum Gasteiger partial charge on any atom is -0.484 e. The lowest BCUT2D eigenvalue weighted by atomic mass is 10.0. The van der Waals surface area contributed by atoms with Gasteiger partial charge in [0.05, 0.1) is 11.6 Å². The zero-order valence-corrected chi connectivity index (χ0v) is 12.8. The van der Waals surface area contributed by atoms with Crippen LogP contribution >= 0.6 is 11.6 Å². The first-order valence-corrected chi connectivity index (χ1v) is 7.08. The Bertz CT molecular complexity index is 677. The molecule has 0 amide bonds. The summed E-state index contributed by atoms with van der Waals surface area (Å²) in [4.78, 5) is 0. The smallest absolute Gasteiger partial charge is 0.140 e. The molecule has 0 saturated heterocycles. The lowest BCUT2D eigenvalue weighted by molar-refractivity contribution is 0.179. The van der Waals surface area contributed by atoms with Crippen LogP contribution in [0.5, 0.6) is 5.75 Å². The van der Waals surface area contributed by atoms with Crippen molar-refractivity contribution in [3.63, 3.8) is 0 Å². The van der Waals surface area contributed by atoms with E-state index in [0.717, 1.165) is 11.1 Å². The zero-order valence-electron chi connectivity index (χ0n) is 12.0. The summed E-state index contributed by atoms with van der Waals surface area (Å²) in [7, 11) is 0. The van der Waals surface area contributed by atoms with Gasteiger partial charge in [0.15, 0.2) is 0 Å². The van der Waals surface area contributed by atoms with E-state index in [1.807, 2.05) is 44.2 Å². The highest BCUT2D eigenvalue weighted by atomic mass is 35.5. The molecule has 108 valence electrons. The Morgan fingerprint density at radius 3 is 2.57 bits per heavy atom. The van der Waals surface area contributed by atoms with E-state index in [9.17, 15) is 0 Å². The molecule has 4 heteroatoms. The van der Waals surface area contributed by atoms with Gasteiger partial charge in [0, 0.05) is 16.6 Å². The zero-order chi connectivity index (χ0) is 15.4. The summed E-state index contributed by atoms with van der Waals surface area (Å²) in [6, 6.07) is 14.7. The molecule has 0 heterocycles. The summed E-state index contributed by atoms with van der Waals surface area (Å²) >= 11 is 6.24. The highest BCUT2D eigenvalue weighted by molar-refractivity contribution is 6.31. The van der Waals surface area contributed by atoms with Gasteiger partial charge in [-0.05, 0) is 37.6 Å². The quantitative estimate of drug-likeness (QED) is 0.929. The Balaban J connectivity index is 2.38. The monoisotopic (exact) mass is 300 g/mol. The maximum Gasteiger partial charge on any atom is 0.140 e. The van der Waals surface area contributed by atoms with Gasteiger partial charge in [0.1, 0.15) is 11.9 Å². The van der Waals surface area contributed by atoms with Crippen molar-refractivity contribution in [1.82, 2.24) is 0 Å². The van der Waals surface area contributed by atoms with Gasteiger partial charge >= 0.3 is 0 Å². The van der Waals surface area contributed by atoms with Crippen LogP contribution in [-0.2, 0) is 0 Å². The molecule has 0 saturated carbocycles. The van der Waals surface area contributed by atoms with Crippen LogP contribution < -0.4 is 10.5 Å². The molecule has 2 aromatic rings. The summed E-state index contributed by atoms with van der Waals surface area (Å²) < 4.78 is 6.06. The first kappa shape index (κ1) is 15.4. The van der Waals surface area contributed by atoms with Gasteiger partial charge in [-0.2, -0.15) is 5.26 Å². The topological polar surface area (TPSA) is 59.0 Å². The lowest BCUT2D eigenvalue weighted by Crippen LogP contribution is -2.29. The second kappa shape index (κ2) is 6.62. The normalized spacial score (nSPS) is 13.3. The third kappa shape index (κ3) is 3.55. The van der Waals surface area contributed by atoms with Crippen molar-refractivity contribution >= 4 is 11.6 Å². The van der Waals surface area contributed by atoms with Gasteiger partial charge in [-0.3, -0.25) is 0 Å². The molecule has 21 heavy (non-hydrogen) atoms. The first-order chi connectivity index (χ1) is 10.0. The number of nitrogens with two attached hydrogens (primary N) is 1. The molecule has 0 spiro atoms. The van der Waals surface area contributed by atoms with E-state index >= 15 is 0 Å². The number of hydrogen-bond donors (Lipinski definition) is 1. The molecule has 0 bridgehead atoms. The summed E-state index contributed by atoms with van der Waals surface area (Å²) in [6.45, 7) is 3.80. The van der Waals surface area contributed by atoms with Crippen LogP contribution in [0.4, 0.5) is 0 Å². The lowest BCUT2D eigenvalue weighted by Gasteiger charge is -2.24. The number of rotatable bonds is 4. The molecule has 0 aromatic heterocycles. The van der Waals surface area contributed by atoms with E-state index in [0.29, 0.717) is 16.3 Å². The summed E-state index contributed by atoms with van der Waals surface area (Å²) in [5.41, 5.74) is 8.41. The Labute approximate surface area is 129 Å². The molecule has 0 aliphatic heterocycles. The summed E-state index contributed by atoms with van der Waals surface area (Å²) in [6.07, 6.45) is -0.369. The Morgan fingerprint density at radius 2 is 1.95 bits per heavy atom. The fourth-order valence-corrected chi connectivity index (χ4v) is 2.34. The Morgan fingerprint density at radius 1 is 1.24 bits per heavy atom. The average Bonchev–Trinajstić information content (AvgIpc) is 2.47. The summed E-state index contributed by atoms with van der Waals surface area (Å²) in [5.74, 6) is 0.649. The maximum atomic E-state index is 9.01. The number of ether oxygens (including phenoxy) is 1. The second-order valence-corrected chi connectivity index (χ2v) is 5.42. The fourth-order valence-electron chi connectivity index (χ4n) is 2.09. The van der Waals surface area contributed by atoms with Crippen LogP contribution in [0.2, 0.25) is 5.02 Å². The maximum absolute atomic E-state index is 9.01. The number of benzene rings is 2. The SMILES string of the molecule is Cc1ccc(C#N)cc1OC(c1ccccc1Cl)C(C)N. The molecular weight excluding hydrogens is 284 g/mol. The van der Waals surface area contributed by atoms with Crippen molar-refractivity contribution < 1.29 is 4.74 Å². The van der Waals surface area contributed by atoms with Crippen LogP contribution in [0.3, 0.4) is 0 Å². The van der Waals surface area contributed by atoms with Gasteiger partial charge in [0.25, 0.3) is 0 Å². The van der Waals surface area contributed by atoms with Gasteiger partial charge in [-0.1, -0.05) is 35.9 Å². The molecular formula is C17H17ClN2O. The number of nitriles is 1. The van der Waals surface area contributed by atoms with E-state index < -0.39 is 0 Å². The van der Waals surface area contributed by atoms with Crippen LogP contribution in [0, 0.1) is 18.3 Å². The molecule has 2 rings (SSSR count). The van der Waals surface area contributed by atoms with Crippen molar-refractivity contribution in [2.24, 2.45) is 5.73 Å². The van der Waals surface area contributed by atoms with Gasteiger partial charge in [0.2, 0.25) is 0 Å². The standard InChI is InChI=1S/C17H17ClN2O/c1-11-7-8-13(10-19)9-16(11)21-17(12(2)20)14-5-3-4-6-15(14)18/h3-9,12,17H,20H2,1-2H3. The molecule has 2 aromatic carbocycles. The van der Waals surface area contributed by atoms with Crippen LogP contribution in [0.25, 0.3) is 0 Å². The predicted molar refractivity (Wildman–Crippen MR) is 84.4 cm³/mol. The van der Waals surface area contributed by atoms with Crippen molar-refractivity contribution in [2.45, 2.75) is 26.0 Å². The number of halogens is 1. The van der Waals surface area contributed by atoms with Crippen LogP contribution in [0.15, 0.2) is 42.5 Å². The molecule has 3 nitrogen and oxygen atoms in total. The van der Waals surface area contributed by atoms with E-state index in [1.54, 1.807) is 12.1 Å². The van der Waals surface area contributed by atoms with Gasteiger partial charge < -0.3 is 10.5 Å². The Hall–Kier alpha value is -2.02. The van der Waals surface area contributed by atoms with Crippen molar-refractivity contribution in [3.8, 4) is 11.8 Å². The molecule has 0 aliphatic rings. The summed E-state index contributed by atoms with van der Waals surface area (Å²) in [5, 5.41) is 9.63. The first-order valence-electron chi connectivity index (χ1n) is 6.70. The Kier molecular flexibility index (Phi) is 4.85.